The second-order valence-electron chi connectivity index (χ2n) is 5.53. The number of aromatic amines is 1. The summed E-state index contributed by atoms with van der Waals surface area (Å²) in [5.41, 5.74) is -1.19. The zero-order chi connectivity index (χ0) is 23.1. The number of phosphoric ester groups is 1. The van der Waals surface area contributed by atoms with Crippen LogP contribution in [0.2, 0.25) is 0 Å². The first-order chi connectivity index (χ1) is 13.5. The predicted molar refractivity (Wildman–Crippen MR) is 90.5 cm³/mol. The molecule has 0 radical (unpaired) electrons. The third-order valence-corrected chi connectivity index (χ3v) is 7.42. The molecule has 1 aromatic rings. The number of aromatic nitrogens is 2. The lowest BCUT2D eigenvalue weighted by atomic mass is 10.1. The molecule has 2 heterocycles. The lowest BCUT2D eigenvalue weighted by Gasteiger charge is -2.19. The fraction of sp³-hybridized carbons (Fsp3) is 0.556. The maximum Gasteiger partial charge on any atom is 0.490 e. The molecule has 172 valence electrons. The summed E-state index contributed by atoms with van der Waals surface area (Å²) in [6.45, 7) is -1.20. The SMILES string of the molecule is O=c1[nH]c(=S)n([C@@H]2O[C@H](COP(=O)(O)OP(=O)(O)OP(=O)(O)O)C(F)[C@@H]2O)cc1F. The first-order valence-electron chi connectivity index (χ1n) is 7.28. The smallest absolute Gasteiger partial charge is 0.385 e. The summed E-state index contributed by atoms with van der Waals surface area (Å²) in [6.07, 6.45) is -7.34. The van der Waals surface area contributed by atoms with Gasteiger partial charge in [0.25, 0.3) is 5.56 Å². The zero-order valence-corrected chi connectivity index (χ0v) is 17.5. The van der Waals surface area contributed by atoms with E-state index in [4.69, 9.17) is 31.6 Å². The van der Waals surface area contributed by atoms with Crippen molar-refractivity contribution in [2.75, 3.05) is 6.61 Å². The van der Waals surface area contributed by atoms with E-state index in [1.54, 1.807) is 0 Å². The molecule has 3 unspecified atom stereocenters. The average molecular weight is 520 g/mol. The highest BCUT2D eigenvalue weighted by molar-refractivity contribution is 7.71. The van der Waals surface area contributed by atoms with Gasteiger partial charge in [-0.15, -0.1) is 0 Å². The van der Waals surface area contributed by atoms with E-state index in [1.807, 2.05) is 4.98 Å². The second-order valence-corrected chi connectivity index (χ2v) is 10.3. The number of phosphoric acid groups is 3. The van der Waals surface area contributed by atoms with E-state index in [0.29, 0.717) is 10.8 Å². The van der Waals surface area contributed by atoms with Crippen molar-refractivity contribution in [1.82, 2.24) is 9.55 Å². The van der Waals surface area contributed by atoms with E-state index in [0.717, 1.165) is 0 Å². The van der Waals surface area contributed by atoms with Gasteiger partial charge in [0.1, 0.15) is 12.2 Å². The first-order valence-corrected chi connectivity index (χ1v) is 12.2. The number of ether oxygens (including phenoxy) is 1. The highest BCUT2D eigenvalue weighted by Crippen LogP contribution is 2.66. The van der Waals surface area contributed by atoms with E-state index in [-0.39, 0.29) is 0 Å². The van der Waals surface area contributed by atoms with Gasteiger partial charge in [-0.2, -0.15) is 13.0 Å². The minimum absolute atomic E-state index is 0.453. The largest absolute Gasteiger partial charge is 0.490 e. The van der Waals surface area contributed by atoms with Crippen molar-refractivity contribution in [2.24, 2.45) is 0 Å². The van der Waals surface area contributed by atoms with Crippen LogP contribution in [0.3, 0.4) is 0 Å². The molecule has 1 aliphatic heterocycles. The Morgan fingerprint density at radius 1 is 1.20 bits per heavy atom. The van der Waals surface area contributed by atoms with Crippen LogP contribution in [0, 0.1) is 10.6 Å². The third-order valence-electron chi connectivity index (χ3n) is 3.30. The van der Waals surface area contributed by atoms with Crippen LogP contribution in [0.1, 0.15) is 6.23 Å². The van der Waals surface area contributed by atoms with Gasteiger partial charge < -0.3 is 29.4 Å². The summed E-state index contributed by atoms with van der Waals surface area (Å²) >= 11 is 4.75. The van der Waals surface area contributed by atoms with Crippen molar-refractivity contribution < 1.29 is 65.0 Å². The van der Waals surface area contributed by atoms with Crippen LogP contribution in [0.5, 0.6) is 0 Å². The Hall–Kier alpha value is -0.710. The van der Waals surface area contributed by atoms with Gasteiger partial charge in [-0.05, 0) is 12.2 Å². The Morgan fingerprint density at radius 3 is 2.37 bits per heavy atom. The highest BCUT2D eigenvalue weighted by atomic mass is 32.1. The van der Waals surface area contributed by atoms with Gasteiger partial charge in [0.2, 0.25) is 5.82 Å². The fourth-order valence-electron chi connectivity index (χ4n) is 2.19. The molecule has 1 fully saturated rings. The molecule has 2 rings (SSSR count). The van der Waals surface area contributed by atoms with Crippen molar-refractivity contribution in [3.8, 4) is 0 Å². The molecular formula is C9H13F2N2O13P3S. The molecule has 0 amide bonds. The average Bonchev–Trinajstić information content (AvgIpc) is 2.81. The van der Waals surface area contributed by atoms with E-state index in [9.17, 15) is 37.3 Å². The number of halogens is 2. The van der Waals surface area contributed by atoms with Crippen molar-refractivity contribution in [3.63, 3.8) is 0 Å². The lowest BCUT2D eigenvalue weighted by Crippen LogP contribution is -2.30. The normalized spacial score (nSPS) is 28.8. The maximum atomic E-state index is 14.3. The summed E-state index contributed by atoms with van der Waals surface area (Å²) < 4.78 is 77.5. The topological polar surface area (TPSA) is 227 Å². The molecule has 0 aromatic carbocycles. The maximum absolute atomic E-state index is 14.3. The molecule has 1 aromatic heterocycles. The van der Waals surface area contributed by atoms with Gasteiger partial charge in [-0.3, -0.25) is 18.9 Å². The fourth-order valence-corrected chi connectivity index (χ4v) is 5.47. The quantitative estimate of drug-likeness (QED) is 0.196. The number of hydrogen-bond acceptors (Lipinski definition) is 10. The van der Waals surface area contributed by atoms with Crippen LogP contribution in [0.15, 0.2) is 11.0 Å². The predicted octanol–water partition coefficient (Wildman–Crippen LogP) is -0.0153. The van der Waals surface area contributed by atoms with E-state index in [1.165, 1.54) is 0 Å². The molecule has 6 N–H and O–H groups in total. The number of aliphatic hydroxyl groups excluding tert-OH is 1. The molecule has 0 saturated carbocycles. The number of aliphatic hydroxyl groups is 1. The van der Waals surface area contributed by atoms with Gasteiger partial charge in [-0.1, -0.05) is 0 Å². The van der Waals surface area contributed by atoms with Gasteiger partial charge in [0.05, 0.1) is 12.8 Å². The minimum atomic E-state index is -5.78. The third kappa shape index (κ3) is 6.64. The van der Waals surface area contributed by atoms with Gasteiger partial charge in [0.15, 0.2) is 17.2 Å². The molecule has 1 aliphatic rings. The lowest BCUT2D eigenvalue weighted by molar-refractivity contribution is -0.0525. The monoisotopic (exact) mass is 520 g/mol. The molecule has 30 heavy (non-hydrogen) atoms. The van der Waals surface area contributed by atoms with Crippen molar-refractivity contribution >= 4 is 35.7 Å². The number of hydrogen-bond donors (Lipinski definition) is 6. The van der Waals surface area contributed by atoms with Gasteiger partial charge >= 0.3 is 23.5 Å². The van der Waals surface area contributed by atoms with E-state index >= 15 is 0 Å². The molecule has 1 saturated heterocycles. The molecule has 15 nitrogen and oxygen atoms in total. The van der Waals surface area contributed by atoms with Gasteiger partial charge in [-0.25, -0.2) is 18.1 Å². The first kappa shape index (κ1) is 25.5. The number of nitrogens with one attached hydrogen (secondary N) is 1. The van der Waals surface area contributed by atoms with Crippen LogP contribution in [-0.2, 0) is 31.6 Å². The van der Waals surface area contributed by atoms with Crippen molar-refractivity contribution in [2.45, 2.75) is 24.6 Å². The van der Waals surface area contributed by atoms with Gasteiger partial charge in [0, 0.05) is 0 Å². The number of rotatable bonds is 8. The molecule has 0 aliphatic carbocycles. The number of alkyl halides is 1. The second kappa shape index (κ2) is 9.03. The summed E-state index contributed by atoms with van der Waals surface area (Å²) in [6, 6.07) is 0. The summed E-state index contributed by atoms with van der Waals surface area (Å²) in [5, 5.41) is 9.92. The zero-order valence-electron chi connectivity index (χ0n) is 14.0. The molecule has 21 heteroatoms. The highest BCUT2D eigenvalue weighted by Gasteiger charge is 2.47. The molecule has 6 atom stereocenters. The van der Waals surface area contributed by atoms with Crippen LogP contribution < -0.4 is 5.56 Å². The van der Waals surface area contributed by atoms with Crippen LogP contribution in [0.4, 0.5) is 8.78 Å². The molecular weight excluding hydrogens is 507 g/mol. The Labute approximate surface area is 169 Å². The standard InChI is InChI=1S/C9H13F2N2O13P3S/c10-3-1-13(9(30)12-7(3)15)8-6(14)5(11)4(24-8)2-23-28(19,20)26-29(21,22)25-27(16,17)18/h1,4-6,8,14H,2H2,(H,19,20)(H,21,22)(H,12,15,30)(H2,16,17,18)/t4-,5?,6+,8-/m1/s1. The Bertz CT molecular complexity index is 1060. The van der Waals surface area contributed by atoms with E-state index < -0.39 is 70.8 Å². The minimum Gasteiger partial charge on any atom is -0.385 e. The van der Waals surface area contributed by atoms with Crippen molar-refractivity contribution in [1.29, 1.82) is 0 Å². The molecule has 0 spiro atoms. The summed E-state index contributed by atoms with van der Waals surface area (Å²) in [4.78, 5) is 48.3. The number of H-pyrrole nitrogens is 1. The Balaban J connectivity index is 2.09. The van der Waals surface area contributed by atoms with Crippen LogP contribution in [-0.4, -0.2) is 59.2 Å². The van der Waals surface area contributed by atoms with Crippen LogP contribution >= 0.6 is 35.7 Å². The summed E-state index contributed by atoms with van der Waals surface area (Å²) in [7, 11) is -16.9. The Kier molecular flexibility index (Phi) is 7.69. The Morgan fingerprint density at radius 2 is 1.80 bits per heavy atom. The summed E-state index contributed by atoms with van der Waals surface area (Å²) in [5.74, 6) is -1.34. The van der Waals surface area contributed by atoms with Crippen molar-refractivity contribution in [3.05, 3.63) is 27.1 Å². The van der Waals surface area contributed by atoms with Crippen LogP contribution in [0.25, 0.3) is 0 Å². The number of nitrogens with zero attached hydrogens (tertiary/aromatic N) is 1. The van der Waals surface area contributed by atoms with E-state index in [2.05, 4.69) is 13.1 Å². The molecule has 0 bridgehead atoms.